The van der Waals surface area contributed by atoms with Gasteiger partial charge in [0.05, 0.1) is 6.54 Å². The summed E-state index contributed by atoms with van der Waals surface area (Å²) in [6.07, 6.45) is -1.93. The highest BCUT2D eigenvalue weighted by atomic mass is 19.4. The molecule has 1 aromatic rings. The predicted molar refractivity (Wildman–Crippen MR) is 75.5 cm³/mol. The van der Waals surface area contributed by atoms with Crippen molar-refractivity contribution in [1.29, 1.82) is 0 Å². The van der Waals surface area contributed by atoms with Crippen LogP contribution in [-0.2, 0) is 11.8 Å². The molecule has 1 saturated heterocycles. The van der Waals surface area contributed by atoms with Crippen LogP contribution in [0.15, 0.2) is 23.1 Å². The molecule has 22 heavy (non-hydrogen) atoms. The number of nitrogens with one attached hydrogen (secondary N) is 1. The third-order valence-corrected chi connectivity index (χ3v) is 3.74. The van der Waals surface area contributed by atoms with Gasteiger partial charge in [-0.1, -0.05) is 0 Å². The molecule has 1 amide bonds. The van der Waals surface area contributed by atoms with Crippen LogP contribution in [-0.4, -0.2) is 41.2 Å². The van der Waals surface area contributed by atoms with E-state index in [9.17, 15) is 22.8 Å². The van der Waals surface area contributed by atoms with Crippen LogP contribution in [0.4, 0.5) is 18.9 Å². The summed E-state index contributed by atoms with van der Waals surface area (Å²) in [6.45, 7) is -0.491. The van der Waals surface area contributed by atoms with Gasteiger partial charge in [-0.2, -0.15) is 13.2 Å². The van der Waals surface area contributed by atoms with E-state index in [1.54, 1.807) is 19.3 Å². The molecule has 1 fully saturated rings. The van der Waals surface area contributed by atoms with Gasteiger partial charge < -0.3 is 9.88 Å². The van der Waals surface area contributed by atoms with Crippen molar-refractivity contribution in [2.75, 3.05) is 25.0 Å². The Hall–Kier alpha value is -1.83. The normalized spacial score (nSPS) is 17.5. The molecule has 5 nitrogen and oxygen atoms in total. The predicted octanol–water partition coefficient (Wildman–Crippen LogP) is 1.60. The van der Waals surface area contributed by atoms with Crippen LogP contribution < -0.4 is 10.9 Å². The molecular weight excluding hydrogens is 299 g/mol. The minimum Gasteiger partial charge on any atom is -0.321 e. The monoisotopic (exact) mass is 317 g/mol. The van der Waals surface area contributed by atoms with Gasteiger partial charge in [0.25, 0.3) is 5.56 Å². The fraction of sp³-hybridized carbons (Fsp3) is 0.571. The first kappa shape index (κ1) is 16.5. The number of rotatable bonds is 3. The topological polar surface area (TPSA) is 54.3 Å². The lowest BCUT2D eigenvalue weighted by atomic mass is 9.96. The van der Waals surface area contributed by atoms with Crippen LogP contribution in [0.2, 0.25) is 0 Å². The van der Waals surface area contributed by atoms with E-state index in [1.165, 1.54) is 15.5 Å². The zero-order valence-electron chi connectivity index (χ0n) is 12.2. The van der Waals surface area contributed by atoms with Crippen molar-refractivity contribution >= 4 is 11.6 Å². The number of likely N-dealkylation sites (tertiary alicyclic amines) is 1. The van der Waals surface area contributed by atoms with Crippen molar-refractivity contribution in [3.05, 3.63) is 28.7 Å². The molecule has 8 heteroatoms. The molecule has 2 heterocycles. The molecule has 0 atom stereocenters. The first-order valence-electron chi connectivity index (χ1n) is 7.02. The summed E-state index contributed by atoms with van der Waals surface area (Å²) in [7, 11) is 1.58. The largest absolute Gasteiger partial charge is 0.401 e. The second-order valence-electron chi connectivity index (χ2n) is 5.49. The van der Waals surface area contributed by atoms with E-state index in [1.807, 2.05) is 0 Å². The van der Waals surface area contributed by atoms with Crippen LogP contribution in [0.5, 0.6) is 0 Å². The van der Waals surface area contributed by atoms with Gasteiger partial charge in [-0.05, 0) is 38.1 Å². The Morgan fingerprint density at radius 3 is 2.59 bits per heavy atom. The van der Waals surface area contributed by atoms with Crippen molar-refractivity contribution in [3.63, 3.8) is 0 Å². The Morgan fingerprint density at radius 1 is 1.36 bits per heavy atom. The quantitative estimate of drug-likeness (QED) is 0.921. The minimum atomic E-state index is -4.22. The number of pyridine rings is 1. The molecule has 122 valence electrons. The Balaban J connectivity index is 1.90. The molecule has 0 radical (unpaired) electrons. The average Bonchev–Trinajstić information content (AvgIpc) is 2.43. The maximum absolute atomic E-state index is 12.3. The Morgan fingerprint density at radius 2 is 2.00 bits per heavy atom. The lowest BCUT2D eigenvalue weighted by Crippen LogP contribution is -2.42. The van der Waals surface area contributed by atoms with E-state index in [0.29, 0.717) is 12.8 Å². The van der Waals surface area contributed by atoms with Gasteiger partial charge in [-0.15, -0.1) is 0 Å². The van der Waals surface area contributed by atoms with Crippen molar-refractivity contribution in [1.82, 2.24) is 9.47 Å². The summed E-state index contributed by atoms with van der Waals surface area (Å²) >= 11 is 0. The summed E-state index contributed by atoms with van der Waals surface area (Å²) in [5.41, 5.74) is -0.127. The molecule has 0 unspecified atom stereocenters. The highest BCUT2D eigenvalue weighted by Crippen LogP contribution is 2.23. The molecule has 1 N–H and O–H groups in total. The highest BCUT2D eigenvalue weighted by molar-refractivity contribution is 5.92. The Kier molecular flexibility index (Phi) is 4.90. The fourth-order valence-electron chi connectivity index (χ4n) is 2.53. The van der Waals surface area contributed by atoms with Crippen molar-refractivity contribution in [3.8, 4) is 0 Å². The number of amides is 1. The first-order chi connectivity index (χ1) is 10.3. The van der Waals surface area contributed by atoms with E-state index < -0.39 is 12.7 Å². The van der Waals surface area contributed by atoms with Gasteiger partial charge >= 0.3 is 6.18 Å². The number of carbonyl (C=O) groups excluding carboxylic acids is 1. The maximum atomic E-state index is 12.3. The fourth-order valence-corrected chi connectivity index (χ4v) is 2.53. The molecule has 1 aliphatic heterocycles. The number of carbonyl (C=O) groups is 1. The van der Waals surface area contributed by atoms with E-state index >= 15 is 0 Å². The Bertz CT molecular complexity index is 590. The van der Waals surface area contributed by atoms with Gasteiger partial charge in [0, 0.05) is 19.2 Å². The van der Waals surface area contributed by atoms with Crippen molar-refractivity contribution in [2.24, 2.45) is 13.0 Å². The standard InChI is InChI=1S/C14H18F3N3O2/c1-19-6-2-3-11(13(19)22)18-12(21)10-4-7-20(8-5-10)9-14(15,16)17/h2-3,6,10H,4-5,7-9H2,1H3,(H,18,21). The summed E-state index contributed by atoms with van der Waals surface area (Å²) in [5, 5.41) is 2.57. The van der Waals surface area contributed by atoms with E-state index in [-0.39, 0.29) is 36.2 Å². The molecule has 0 bridgehead atoms. The lowest BCUT2D eigenvalue weighted by Gasteiger charge is -2.31. The third kappa shape index (κ3) is 4.33. The Labute approximate surface area is 125 Å². The number of aromatic nitrogens is 1. The van der Waals surface area contributed by atoms with Crippen molar-refractivity contribution in [2.45, 2.75) is 19.0 Å². The number of anilines is 1. The zero-order valence-corrected chi connectivity index (χ0v) is 12.2. The number of piperidine rings is 1. The molecule has 0 aliphatic carbocycles. The van der Waals surface area contributed by atoms with Gasteiger partial charge in [-0.3, -0.25) is 14.5 Å². The summed E-state index contributed by atoms with van der Waals surface area (Å²) in [6, 6.07) is 3.15. The van der Waals surface area contributed by atoms with Gasteiger partial charge in [0.15, 0.2) is 0 Å². The third-order valence-electron chi connectivity index (χ3n) is 3.74. The maximum Gasteiger partial charge on any atom is 0.401 e. The molecule has 0 spiro atoms. The van der Waals surface area contributed by atoms with Gasteiger partial charge in [0.1, 0.15) is 5.69 Å². The second-order valence-corrected chi connectivity index (χ2v) is 5.49. The van der Waals surface area contributed by atoms with Crippen LogP contribution in [0, 0.1) is 5.92 Å². The second kappa shape index (κ2) is 6.51. The SMILES string of the molecule is Cn1cccc(NC(=O)C2CCN(CC(F)(F)F)CC2)c1=O. The number of alkyl halides is 3. The molecular formula is C14H18F3N3O2. The molecule has 0 aromatic carbocycles. The highest BCUT2D eigenvalue weighted by Gasteiger charge is 2.33. The van der Waals surface area contributed by atoms with E-state index in [2.05, 4.69) is 5.32 Å². The van der Waals surface area contributed by atoms with Crippen molar-refractivity contribution < 1.29 is 18.0 Å². The van der Waals surface area contributed by atoms with Crippen LogP contribution >= 0.6 is 0 Å². The van der Waals surface area contributed by atoms with Crippen LogP contribution in [0.3, 0.4) is 0 Å². The van der Waals surface area contributed by atoms with Crippen LogP contribution in [0.1, 0.15) is 12.8 Å². The number of aryl methyl sites for hydroxylation is 1. The minimum absolute atomic E-state index is 0.188. The van der Waals surface area contributed by atoms with E-state index in [4.69, 9.17) is 0 Å². The molecule has 1 aromatic heterocycles. The number of halogens is 3. The lowest BCUT2D eigenvalue weighted by molar-refractivity contribution is -0.149. The number of hydrogen-bond donors (Lipinski definition) is 1. The number of hydrogen-bond acceptors (Lipinski definition) is 3. The molecule has 1 aliphatic rings. The van der Waals surface area contributed by atoms with Gasteiger partial charge in [0.2, 0.25) is 5.91 Å². The van der Waals surface area contributed by atoms with Gasteiger partial charge in [-0.25, -0.2) is 0 Å². The number of nitrogens with zero attached hydrogens (tertiary/aromatic N) is 2. The molecule has 0 saturated carbocycles. The average molecular weight is 317 g/mol. The van der Waals surface area contributed by atoms with E-state index in [0.717, 1.165) is 0 Å². The summed E-state index contributed by atoms with van der Waals surface area (Å²) in [4.78, 5) is 25.2. The summed E-state index contributed by atoms with van der Waals surface area (Å²) < 4.78 is 38.3. The first-order valence-corrected chi connectivity index (χ1v) is 7.02. The smallest absolute Gasteiger partial charge is 0.321 e. The van der Waals surface area contributed by atoms with Crippen LogP contribution in [0.25, 0.3) is 0 Å². The molecule has 2 rings (SSSR count). The zero-order chi connectivity index (χ0) is 16.3. The summed E-state index contributed by atoms with van der Waals surface area (Å²) in [5.74, 6) is -0.677.